The van der Waals surface area contributed by atoms with Crippen LogP contribution in [0.3, 0.4) is 0 Å². The van der Waals surface area contributed by atoms with Gasteiger partial charge in [-0.15, -0.1) is 0 Å². The molecule has 0 aliphatic carbocycles. The largest absolute Gasteiger partial charge is 0.395 e. The number of hydrogen-bond acceptors (Lipinski definition) is 3. The van der Waals surface area contributed by atoms with Crippen LogP contribution in [0, 0.1) is 0 Å². The molecule has 0 unspecified atom stereocenters. The summed E-state index contributed by atoms with van der Waals surface area (Å²) in [6, 6.07) is 5.86. The van der Waals surface area contributed by atoms with Crippen molar-refractivity contribution in [1.29, 1.82) is 0 Å². The van der Waals surface area contributed by atoms with Gasteiger partial charge in [-0.2, -0.15) is 5.10 Å². The van der Waals surface area contributed by atoms with Crippen LogP contribution in [0.2, 0.25) is 0 Å². The molecule has 0 aliphatic rings. The van der Waals surface area contributed by atoms with Gasteiger partial charge in [0.15, 0.2) is 0 Å². The molecule has 86 valence electrons. The van der Waals surface area contributed by atoms with E-state index >= 15 is 0 Å². The van der Waals surface area contributed by atoms with Crippen LogP contribution in [0.1, 0.15) is 0 Å². The molecule has 3 aromatic heterocycles. The summed E-state index contributed by atoms with van der Waals surface area (Å²) < 4.78 is 3.78. The lowest BCUT2D eigenvalue weighted by Crippen LogP contribution is -1.99. The highest BCUT2D eigenvalue weighted by molar-refractivity contribution is 5.63. The normalized spacial score (nSPS) is 11.1. The van der Waals surface area contributed by atoms with Crippen molar-refractivity contribution in [2.45, 2.75) is 6.54 Å². The maximum absolute atomic E-state index is 8.96. The number of imidazole rings is 1. The van der Waals surface area contributed by atoms with Crippen LogP contribution in [-0.4, -0.2) is 30.9 Å². The first-order valence-electron chi connectivity index (χ1n) is 5.44. The van der Waals surface area contributed by atoms with Crippen LogP contribution in [0.15, 0.2) is 43.0 Å². The second-order valence-electron chi connectivity index (χ2n) is 3.78. The summed E-state index contributed by atoms with van der Waals surface area (Å²) in [6.45, 7) is 0.706. The molecule has 17 heavy (non-hydrogen) atoms. The SMILES string of the molecule is OCCn1ccn2nc(-c3ccncc3)cc12. The van der Waals surface area contributed by atoms with E-state index < -0.39 is 0 Å². The first kappa shape index (κ1) is 10.0. The topological polar surface area (TPSA) is 55.4 Å². The van der Waals surface area contributed by atoms with Gasteiger partial charge in [0.1, 0.15) is 5.65 Å². The monoisotopic (exact) mass is 228 g/mol. The predicted octanol–water partition coefficient (Wildman–Crippen LogP) is 1.19. The molecular formula is C12H12N4O. The third kappa shape index (κ3) is 1.70. The highest BCUT2D eigenvalue weighted by Crippen LogP contribution is 2.19. The maximum atomic E-state index is 8.96. The van der Waals surface area contributed by atoms with Crippen molar-refractivity contribution in [3.05, 3.63) is 43.0 Å². The number of hydrogen-bond donors (Lipinski definition) is 1. The number of aliphatic hydroxyl groups is 1. The minimum Gasteiger partial charge on any atom is -0.395 e. The molecule has 0 saturated heterocycles. The Morgan fingerprint density at radius 2 is 2.00 bits per heavy atom. The van der Waals surface area contributed by atoms with Crippen LogP contribution >= 0.6 is 0 Å². The summed E-state index contributed by atoms with van der Waals surface area (Å²) in [6.07, 6.45) is 7.30. The molecule has 0 aliphatic heterocycles. The Hall–Kier alpha value is -2.14. The van der Waals surface area contributed by atoms with Crippen LogP contribution in [-0.2, 0) is 6.54 Å². The van der Waals surface area contributed by atoms with Gasteiger partial charge in [0, 0.05) is 43.0 Å². The summed E-state index contributed by atoms with van der Waals surface area (Å²) in [4.78, 5) is 3.99. The second-order valence-corrected chi connectivity index (χ2v) is 3.78. The van der Waals surface area contributed by atoms with Crippen molar-refractivity contribution < 1.29 is 5.11 Å². The van der Waals surface area contributed by atoms with Gasteiger partial charge >= 0.3 is 0 Å². The van der Waals surface area contributed by atoms with Crippen LogP contribution in [0.4, 0.5) is 0 Å². The molecule has 0 amide bonds. The third-order valence-electron chi connectivity index (χ3n) is 2.72. The standard InChI is InChI=1S/C12H12N4O/c17-8-7-15-5-6-16-12(15)9-11(14-16)10-1-3-13-4-2-10/h1-6,9,17H,7-8H2. The van der Waals surface area contributed by atoms with Crippen LogP contribution < -0.4 is 0 Å². The van der Waals surface area contributed by atoms with E-state index in [0.29, 0.717) is 6.54 Å². The highest BCUT2D eigenvalue weighted by atomic mass is 16.3. The summed E-state index contributed by atoms with van der Waals surface area (Å²) in [5.41, 5.74) is 2.93. The Morgan fingerprint density at radius 1 is 1.18 bits per heavy atom. The smallest absolute Gasteiger partial charge is 0.136 e. The lowest BCUT2D eigenvalue weighted by Gasteiger charge is -1.97. The highest BCUT2D eigenvalue weighted by Gasteiger charge is 2.07. The molecule has 3 heterocycles. The van der Waals surface area contributed by atoms with Gasteiger partial charge in [-0.05, 0) is 12.1 Å². The fraction of sp³-hybridized carbons (Fsp3) is 0.167. The zero-order valence-electron chi connectivity index (χ0n) is 9.19. The molecule has 0 spiro atoms. The Labute approximate surface area is 98.0 Å². The van der Waals surface area contributed by atoms with E-state index in [1.165, 1.54) is 0 Å². The zero-order valence-corrected chi connectivity index (χ0v) is 9.19. The van der Waals surface area contributed by atoms with Gasteiger partial charge in [0.05, 0.1) is 12.3 Å². The number of fused-ring (bicyclic) bond motifs is 1. The van der Waals surface area contributed by atoms with Crippen molar-refractivity contribution in [3.63, 3.8) is 0 Å². The second kappa shape index (κ2) is 4.03. The molecule has 0 fully saturated rings. The Bertz CT molecular complexity index is 626. The average molecular weight is 228 g/mol. The van der Waals surface area contributed by atoms with Gasteiger partial charge in [-0.25, -0.2) is 4.52 Å². The average Bonchev–Trinajstić information content (AvgIpc) is 2.93. The van der Waals surface area contributed by atoms with Crippen LogP contribution in [0.5, 0.6) is 0 Å². The van der Waals surface area contributed by atoms with Gasteiger partial charge < -0.3 is 9.67 Å². The zero-order chi connectivity index (χ0) is 11.7. The third-order valence-corrected chi connectivity index (χ3v) is 2.72. The van der Waals surface area contributed by atoms with Crippen molar-refractivity contribution in [2.24, 2.45) is 0 Å². The van der Waals surface area contributed by atoms with Crippen molar-refractivity contribution in [1.82, 2.24) is 19.2 Å². The molecule has 0 bridgehead atoms. The Kier molecular flexibility index (Phi) is 2.38. The van der Waals surface area contributed by atoms with Gasteiger partial charge in [0.2, 0.25) is 0 Å². The maximum Gasteiger partial charge on any atom is 0.136 e. The van der Waals surface area contributed by atoms with Gasteiger partial charge in [0.25, 0.3) is 0 Å². The van der Waals surface area contributed by atoms with Crippen molar-refractivity contribution in [3.8, 4) is 11.3 Å². The number of pyridine rings is 1. The van der Waals surface area contributed by atoms with E-state index in [2.05, 4.69) is 10.1 Å². The summed E-state index contributed by atoms with van der Waals surface area (Å²) in [5.74, 6) is 0. The van der Waals surface area contributed by atoms with Gasteiger partial charge in [-0.3, -0.25) is 4.98 Å². The quantitative estimate of drug-likeness (QED) is 0.732. The fourth-order valence-electron chi connectivity index (χ4n) is 1.89. The molecular weight excluding hydrogens is 216 g/mol. The number of aliphatic hydroxyl groups excluding tert-OH is 1. The molecule has 3 rings (SSSR count). The van der Waals surface area contributed by atoms with Crippen molar-refractivity contribution in [2.75, 3.05) is 6.61 Å². The molecule has 3 aromatic rings. The van der Waals surface area contributed by atoms with Crippen molar-refractivity contribution >= 4 is 5.65 Å². The minimum atomic E-state index is 0.125. The number of aromatic nitrogens is 4. The first-order chi connectivity index (χ1) is 8.38. The fourth-order valence-corrected chi connectivity index (χ4v) is 1.89. The lowest BCUT2D eigenvalue weighted by atomic mass is 10.2. The molecule has 5 nitrogen and oxygen atoms in total. The Balaban J connectivity index is 2.08. The van der Waals surface area contributed by atoms with E-state index in [4.69, 9.17) is 5.11 Å². The number of rotatable bonds is 3. The molecule has 0 saturated carbocycles. The molecule has 5 heteroatoms. The predicted molar refractivity (Wildman–Crippen MR) is 63.5 cm³/mol. The lowest BCUT2D eigenvalue weighted by molar-refractivity contribution is 0.278. The summed E-state index contributed by atoms with van der Waals surface area (Å²) in [5, 5.41) is 13.4. The minimum absolute atomic E-state index is 0.125. The Morgan fingerprint density at radius 3 is 2.76 bits per heavy atom. The molecule has 0 radical (unpaired) electrons. The molecule has 1 N–H and O–H groups in total. The van der Waals surface area contributed by atoms with E-state index in [1.54, 1.807) is 12.4 Å². The van der Waals surface area contributed by atoms with E-state index in [0.717, 1.165) is 16.9 Å². The van der Waals surface area contributed by atoms with E-state index in [9.17, 15) is 0 Å². The first-order valence-corrected chi connectivity index (χ1v) is 5.44. The number of nitrogens with zero attached hydrogens (tertiary/aromatic N) is 4. The molecule has 0 aromatic carbocycles. The van der Waals surface area contributed by atoms with Crippen LogP contribution in [0.25, 0.3) is 16.9 Å². The summed E-state index contributed by atoms with van der Waals surface area (Å²) >= 11 is 0. The van der Waals surface area contributed by atoms with Gasteiger partial charge in [-0.1, -0.05) is 0 Å². The molecule has 0 atom stereocenters. The van der Waals surface area contributed by atoms with E-state index in [-0.39, 0.29) is 6.61 Å². The summed E-state index contributed by atoms with van der Waals surface area (Å²) in [7, 11) is 0. The van der Waals surface area contributed by atoms with E-state index in [1.807, 2.05) is 39.7 Å².